The van der Waals surface area contributed by atoms with Crippen LogP contribution in [-0.2, 0) is 16.9 Å². The van der Waals surface area contributed by atoms with Crippen LogP contribution in [-0.4, -0.2) is 28.6 Å². The molecule has 1 N–H and O–H groups in total. The molecule has 5 heteroatoms. The average Bonchev–Trinajstić information content (AvgIpc) is 2.25. The van der Waals surface area contributed by atoms with Crippen LogP contribution in [0, 0.1) is 0 Å². The molecule has 18 heavy (non-hydrogen) atoms. The molecule has 0 unspecified atom stereocenters. The van der Waals surface area contributed by atoms with Gasteiger partial charge in [-0.05, 0) is 25.8 Å². The Hall–Kier alpha value is -1.20. The van der Waals surface area contributed by atoms with Crippen molar-refractivity contribution in [3.63, 3.8) is 0 Å². The van der Waals surface area contributed by atoms with Gasteiger partial charge >= 0.3 is 0 Å². The van der Waals surface area contributed by atoms with Gasteiger partial charge in [-0.25, -0.2) is 4.68 Å². The van der Waals surface area contributed by atoms with Gasteiger partial charge in [0.15, 0.2) is 0 Å². The summed E-state index contributed by atoms with van der Waals surface area (Å²) in [6.45, 7) is 8.02. The summed E-state index contributed by atoms with van der Waals surface area (Å²) >= 11 is 0. The van der Waals surface area contributed by atoms with E-state index in [4.69, 9.17) is 4.74 Å². The summed E-state index contributed by atoms with van der Waals surface area (Å²) in [5.41, 5.74) is -0.262. The van der Waals surface area contributed by atoms with E-state index < -0.39 is 5.60 Å². The Morgan fingerprint density at radius 1 is 1.50 bits per heavy atom. The van der Waals surface area contributed by atoms with E-state index in [2.05, 4.69) is 5.10 Å². The van der Waals surface area contributed by atoms with Crippen LogP contribution in [0.2, 0.25) is 0 Å². The van der Waals surface area contributed by atoms with Crippen LogP contribution in [0.1, 0.15) is 44.9 Å². The first-order chi connectivity index (χ1) is 8.27. The molecule has 1 rings (SSSR count). The van der Waals surface area contributed by atoms with Crippen molar-refractivity contribution >= 4 is 0 Å². The molecule has 0 amide bonds. The fourth-order valence-electron chi connectivity index (χ4n) is 1.61. The largest absolute Gasteiger partial charge is 0.386 e. The molecule has 0 saturated carbocycles. The molecule has 0 aromatic carbocycles. The second kappa shape index (κ2) is 5.63. The Balaban J connectivity index is 3.34. The summed E-state index contributed by atoms with van der Waals surface area (Å²) in [5.74, 6) is 0.195. The van der Waals surface area contributed by atoms with Gasteiger partial charge in [-0.2, -0.15) is 5.10 Å². The van der Waals surface area contributed by atoms with E-state index in [1.54, 1.807) is 27.0 Å². The predicted molar refractivity (Wildman–Crippen MR) is 69.7 cm³/mol. The van der Waals surface area contributed by atoms with Crippen molar-refractivity contribution in [1.29, 1.82) is 0 Å². The fraction of sp³-hybridized carbons (Fsp3) is 0.692. The number of rotatable bonds is 5. The first kappa shape index (κ1) is 14.9. The second-order valence-electron chi connectivity index (χ2n) is 5.22. The third-order valence-corrected chi connectivity index (χ3v) is 2.75. The van der Waals surface area contributed by atoms with Crippen molar-refractivity contribution in [3.8, 4) is 0 Å². The second-order valence-corrected chi connectivity index (χ2v) is 5.22. The van der Waals surface area contributed by atoms with Gasteiger partial charge in [-0.15, -0.1) is 0 Å². The molecule has 0 atom stereocenters. The Kier molecular flexibility index (Phi) is 4.65. The van der Waals surface area contributed by atoms with Crippen LogP contribution < -0.4 is 5.56 Å². The zero-order valence-corrected chi connectivity index (χ0v) is 11.7. The lowest BCUT2D eigenvalue weighted by molar-refractivity contribution is 0.0755. The molecule has 1 aromatic heterocycles. The van der Waals surface area contributed by atoms with Crippen LogP contribution in [0.4, 0.5) is 0 Å². The third-order valence-electron chi connectivity index (χ3n) is 2.75. The van der Waals surface area contributed by atoms with Gasteiger partial charge in [-0.1, -0.05) is 13.8 Å². The molecular weight excluding hydrogens is 232 g/mol. The lowest BCUT2D eigenvalue weighted by atomic mass is 9.97. The van der Waals surface area contributed by atoms with Gasteiger partial charge in [0.05, 0.1) is 30.0 Å². The molecule has 5 nitrogen and oxygen atoms in total. The minimum absolute atomic E-state index is 0.195. The van der Waals surface area contributed by atoms with Crippen LogP contribution in [0.15, 0.2) is 10.9 Å². The van der Waals surface area contributed by atoms with Crippen molar-refractivity contribution in [2.24, 2.45) is 0 Å². The molecule has 0 aliphatic heterocycles. The normalized spacial score (nSPS) is 12.2. The molecule has 0 bridgehead atoms. The van der Waals surface area contributed by atoms with Crippen LogP contribution in [0.5, 0.6) is 0 Å². The summed E-state index contributed by atoms with van der Waals surface area (Å²) < 4.78 is 6.33. The number of aliphatic hydroxyl groups is 1. The topological polar surface area (TPSA) is 64.3 Å². The Labute approximate surface area is 107 Å². The maximum atomic E-state index is 12.2. The van der Waals surface area contributed by atoms with Crippen LogP contribution >= 0.6 is 0 Å². The maximum Gasteiger partial charge on any atom is 0.272 e. The summed E-state index contributed by atoms with van der Waals surface area (Å²) in [7, 11) is 1.58. The Morgan fingerprint density at radius 2 is 2.11 bits per heavy atom. The van der Waals surface area contributed by atoms with Crippen LogP contribution in [0.3, 0.4) is 0 Å². The standard InChI is InChI=1S/C13H22N2O3/c1-9(2)11-8-10(13(3,4)17)12(16)15(14-11)6-7-18-5/h8-9,17H,6-7H2,1-5H3. The number of hydrogen-bond donors (Lipinski definition) is 1. The van der Waals surface area contributed by atoms with Crippen LogP contribution in [0.25, 0.3) is 0 Å². The summed E-state index contributed by atoms with van der Waals surface area (Å²) in [6, 6.07) is 1.69. The zero-order valence-electron chi connectivity index (χ0n) is 11.7. The molecule has 1 heterocycles. The number of hydrogen-bond acceptors (Lipinski definition) is 4. The van der Waals surface area contributed by atoms with Gasteiger partial charge in [0.2, 0.25) is 0 Å². The summed E-state index contributed by atoms with van der Waals surface area (Å²) in [4.78, 5) is 12.2. The molecule has 0 spiro atoms. The van der Waals surface area contributed by atoms with E-state index in [0.717, 1.165) is 5.69 Å². The minimum Gasteiger partial charge on any atom is -0.386 e. The highest BCUT2D eigenvalue weighted by Gasteiger charge is 2.23. The van der Waals surface area contributed by atoms with Gasteiger partial charge in [0, 0.05) is 7.11 Å². The van der Waals surface area contributed by atoms with E-state index in [1.165, 1.54) is 4.68 Å². The SMILES string of the molecule is COCCn1nc(C(C)C)cc(C(C)(C)O)c1=O. The first-order valence-corrected chi connectivity index (χ1v) is 6.11. The van der Waals surface area contributed by atoms with Gasteiger partial charge in [0.1, 0.15) is 0 Å². The number of aromatic nitrogens is 2. The highest BCUT2D eigenvalue weighted by molar-refractivity contribution is 5.21. The number of methoxy groups -OCH3 is 1. The van der Waals surface area contributed by atoms with E-state index >= 15 is 0 Å². The molecule has 0 aliphatic rings. The molecule has 0 radical (unpaired) electrons. The lowest BCUT2D eigenvalue weighted by Crippen LogP contribution is -2.35. The zero-order chi connectivity index (χ0) is 13.9. The van der Waals surface area contributed by atoms with Crippen molar-refractivity contribution in [3.05, 3.63) is 27.7 Å². The quantitative estimate of drug-likeness (QED) is 0.858. The van der Waals surface area contributed by atoms with Crippen molar-refractivity contribution in [2.75, 3.05) is 13.7 Å². The highest BCUT2D eigenvalue weighted by Crippen LogP contribution is 2.19. The summed E-state index contributed by atoms with van der Waals surface area (Å²) in [5, 5.41) is 14.4. The fourth-order valence-corrected chi connectivity index (χ4v) is 1.61. The number of nitrogens with zero attached hydrogens (tertiary/aromatic N) is 2. The maximum absolute atomic E-state index is 12.2. The molecule has 0 fully saturated rings. The van der Waals surface area contributed by atoms with Crippen molar-refractivity contribution < 1.29 is 9.84 Å². The smallest absolute Gasteiger partial charge is 0.272 e. The van der Waals surface area contributed by atoms with E-state index in [9.17, 15) is 9.90 Å². The van der Waals surface area contributed by atoms with E-state index in [-0.39, 0.29) is 11.5 Å². The van der Waals surface area contributed by atoms with Crippen molar-refractivity contribution in [2.45, 2.75) is 45.8 Å². The molecule has 0 saturated heterocycles. The molecular formula is C13H22N2O3. The van der Waals surface area contributed by atoms with E-state index in [0.29, 0.717) is 18.7 Å². The van der Waals surface area contributed by atoms with Gasteiger partial charge in [0.25, 0.3) is 5.56 Å². The summed E-state index contributed by atoms with van der Waals surface area (Å²) in [6.07, 6.45) is 0. The third kappa shape index (κ3) is 3.40. The lowest BCUT2D eigenvalue weighted by Gasteiger charge is -2.20. The molecule has 102 valence electrons. The first-order valence-electron chi connectivity index (χ1n) is 6.11. The number of ether oxygens (including phenoxy) is 1. The minimum atomic E-state index is -1.17. The molecule has 1 aromatic rings. The monoisotopic (exact) mass is 254 g/mol. The van der Waals surface area contributed by atoms with E-state index in [1.807, 2.05) is 13.8 Å². The average molecular weight is 254 g/mol. The highest BCUT2D eigenvalue weighted by atomic mass is 16.5. The van der Waals surface area contributed by atoms with Gasteiger partial charge < -0.3 is 9.84 Å². The Bertz CT molecular complexity index is 458. The Morgan fingerprint density at radius 3 is 2.56 bits per heavy atom. The van der Waals surface area contributed by atoms with Crippen molar-refractivity contribution in [1.82, 2.24) is 9.78 Å². The predicted octanol–water partition coefficient (Wildman–Crippen LogP) is 1.24. The van der Waals surface area contributed by atoms with Gasteiger partial charge in [-0.3, -0.25) is 4.79 Å². The molecule has 0 aliphatic carbocycles.